The maximum Gasteiger partial charge on any atom is 0.337 e. The van der Waals surface area contributed by atoms with Gasteiger partial charge in [-0.15, -0.1) is 0 Å². The van der Waals surface area contributed by atoms with Gasteiger partial charge in [0.25, 0.3) is 0 Å². The summed E-state index contributed by atoms with van der Waals surface area (Å²) < 4.78 is 5.69. The third kappa shape index (κ3) is 2.35. The van der Waals surface area contributed by atoms with Gasteiger partial charge in [-0.25, -0.2) is 9.78 Å². The molecule has 0 unspecified atom stereocenters. The highest BCUT2D eigenvalue weighted by molar-refractivity contribution is 5.97. The summed E-state index contributed by atoms with van der Waals surface area (Å²) in [6, 6.07) is 8.99. The SMILES string of the molecule is Nc1c(C(=O)O)ccnc1N1CCCOc2ccccc21. The average molecular weight is 285 g/mol. The molecule has 0 radical (unpaired) electrons. The van der Waals surface area contributed by atoms with Crippen molar-refractivity contribution in [3.05, 3.63) is 42.1 Å². The van der Waals surface area contributed by atoms with Crippen molar-refractivity contribution >= 4 is 23.2 Å². The van der Waals surface area contributed by atoms with Crippen LogP contribution in [0.3, 0.4) is 0 Å². The minimum Gasteiger partial charge on any atom is -0.491 e. The van der Waals surface area contributed by atoms with Gasteiger partial charge < -0.3 is 20.5 Å². The second-order valence-electron chi connectivity index (χ2n) is 4.72. The summed E-state index contributed by atoms with van der Waals surface area (Å²) in [7, 11) is 0. The van der Waals surface area contributed by atoms with Crippen LogP contribution in [0.2, 0.25) is 0 Å². The van der Waals surface area contributed by atoms with Crippen LogP contribution in [0.1, 0.15) is 16.8 Å². The number of nitrogens with zero attached hydrogens (tertiary/aromatic N) is 2. The number of carboxylic acid groups (broad SMARTS) is 1. The number of hydrogen-bond donors (Lipinski definition) is 2. The van der Waals surface area contributed by atoms with E-state index in [1.807, 2.05) is 29.2 Å². The molecular weight excluding hydrogens is 270 g/mol. The van der Waals surface area contributed by atoms with E-state index in [-0.39, 0.29) is 11.3 Å². The largest absolute Gasteiger partial charge is 0.491 e. The molecule has 3 N–H and O–H groups in total. The van der Waals surface area contributed by atoms with Gasteiger partial charge in [0.05, 0.1) is 23.5 Å². The fourth-order valence-corrected chi connectivity index (χ4v) is 2.41. The molecule has 6 heteroatoms. The van der Waals surface area contributed by atoms with E-state index in [9.17, 15) is 9.90 Å². The minimum atomic E-state index is -1.06. The van der Waals surface area contributed by atoms with Crippen LogP contribution >= 0.6 is 0 Å². The normalized spacial score (nSPS) is 14.0. The van der Waals surface area contributed by atoms with Crippen LogP contribution in [0.25, 0.3) is 0 Å². The van der Waals surface area contributed by atoms with Crippen molar-refractivity contribution in [1.29, 1.82) is 0 Å². The molecule has 2 aromatic rings. The van der Waals surface area contributed by atoms with Crippen LogP contribution < -0.4 is 15.4 Å². The number of benzene rings is 1. The first-order valence-corrected chi connectivity index (χ1v) is 6.65. The number of ether oxygens (including phenoxy) is 1. The van der Waals surface area contributed by atoms with Gasteiger partial charge in [0.2, 0.25) is 0 Å². The van der Waals surface area contributed by atoms with Gasteiger partial charge in [0.15, 0.2) is 5.82 Å². The van der Waals surface area contributed by atoms with Gasteiger partial charge in [-0.3, -0.25) is 0 Å². The van der Waals surface area contributed by atoms with Crippen LogP contribution in [0.5, 0.6) is 5.75 Å². The molecule has 21 heavy (non-hydrogen) atoms. The number of nitrogens with two attached hydrogens (primary N) is 1. The Morgan fingerprint density at radius 2 is 2.14 bits per heavy atom. The van der Waals surface area contributed by atoms with Crippen molar-refractivity contribution in [3.8, 4) is 5.75 Å². The fraction of sp³-hybridized carbons (Fsp3) is 0.200. The molecule has 0 atom stereocenters. The van der Waals surface area contributed by atoms with E-state index in [1.54, 1.807) is 0 Å². The average Bonchev–Trinajstić information content (AvgIpc) is 2.69. The molecule has 1 aromatic heterocycles. The van der Waals surface area contributed by atoms with Crippen molar-refractivity contribution < 1.29 is 14.6 Å². The number of nitrogen functional groups attached to an aromatic ring is 1. The lowest BCUT2D eigenvalue weighted by Crippen LogP contribution is -2.21. The molecule has 0 spiro atoms. The summed E-state index contributed by atoms with van der Waals surface area (Å²) in [4.78, 5) is 17.4. The third-order valence-electron chi connectivity index (χ3n) is 3.39. The summed E-state index contributed by atoms with van der Waals surface area (Å²) in [5, 5.41) is 9.19. The Morgan fingerprint density at radius 1 is 1.33 bits per heavy atom. The molecule has 3 rings (SSSR count). The third-order valence-corrected chi connectivity index (χ3v) is 3.39. The molecule has 1 aromatic carbocycles. The van der Waals surface area contributed by atoms with E-state index < -0.39 is 5.97 Å². The molecule has 1 aliphatic rings. The lowest BCUT2D eigenvalue weighted by atomic mass is 10.2. The van der Waals surface area contributed by atoms with Gasteiger partial charge in [-0.05, 0) is 24.6 Å². The van der Waals surface area contributed by atoms with Crippen LogP contribution in [0, 0.1) is 0 Å². The summed E-state index contributed by atoms with van der Waals surface area (Å²) in [6.45, 7) is 1.27. The summed E-state index contributed by atoms with van der Waals surface area (Å²) in [5.41, 5.74) is 7.07. The fourth-order valence-electron chi connectivity index (χ4n) is 2.41. The molecule has 2 heterocycles. The smallest absolute Gasteiger partial charge is 0.337 e. The van der Waals surface area contributed by atoms with Crippen LogP contribution in [-0.2, 0) is 0 Å². The topological polar surface area (TPSA) is 88.7 Å². The monoisotopic (exact) mass is 285 g/mol. The van der Waals surface area contributed by atoms with Crippen LogP contribution in [0.4, 0.5) is 17.2 Å². The van der Waals surface area contributed by atoms with Crippen molar-refractivity contribution in [2.75, 3.05) is 23.8 Å². The van der Waals surface area contributed by atoms with E-state index in [1.165, 1.54) is 12.3 Å². The molecule has 0 saturated heterocycles. The van der Waals surface area contributed by atoms with Gasteiger partial charge in [-0.2, -0.15) is 0 Å². The Balaban J connectivity index is 2.12. The number of rotatable bonds is 2. The number of fused-ring (bicyclic) bond motifs is 1. The lowest BCUT2D eigenvalue weighted by molar-refractivity contribution is 0.0698. The number of carboxylic acids is 1. The number of carbonyl (C=O) groups is 1. The number of anilines is 3. The second-order valence-corrected chi connectivity index (χ2v) is 4.72. The number of aromatic nitrogens is 1. The van der Waals surface area contributed by atoms with Gasteiger partial charge >= 0.3 is 5.97 Å². The maximum atomic E-state index is 11.2. The van der Waals surface area contributed by atoms with Gasteiger partial charge in [0, 0.05) is 12.7 Å². The maximum absolute atomic E-state index is 11.2. The standard InChI is InChI=1S/C15H15N3O3/c16-13-10(15(19)20)6-7-17-14(13)18-8-3-9-21-12-5-2-1-4-11(12)18/h1-2,4-7H,3,8-9,16H2,(H,19,20). The minimum absolute atomic E-state index is 0.0580. The van der Waals surface area contributed by atoms with Crippen LogP contribution in [-0.4, -0.2) is 29.2 Å². The zero-order chi connectivity index (χ0) is 14.8. The predicted octanol–water partition coefficient (Wildman–Crippen LogP) is 2.28. The summed E-state index contributed by atoms with van der Waals surface area (Å²) in [6.07, 6.45) is 2.26. The highest BCUT2D eigenvalue weighted by Crippen LogP contribution is 2.37. The molecule has 0 fully saturated rings. The summed E-state index contributed by atoms with van der Waals surface area (Å²) in [5.74, 6) is 0.139. The molecule has 108 valence electrons. The Labute approximate surface area is 121 Å². The van der Waals surface area contributed by atoms with Crippen molar-refractivity contribution in [2.45, 2.75) is 6.42 Å². The zero-order valence-electron chi connectivity index (χ0n) is 11.3. The Morgan fingerprint density at radius 3 is 2.95 bits per heavy atom. The van der Waals surface area contributed by atoms with E-state index >= 15 is 0 Å². The molecule has 1 aliphatic heterocycles. The van der Waals surface area contributed by atoms with Crippen molar-refractivity contribution in [2.24, 2.45) is 0 Å². The number of para-hydroxylation sites is 2. The zero-order valence-corrected chi connectivity index (χ0v) is 11.3. The second kappa shape index (κ2) is 5.32. The highest BCUT2D eigenvalue weighted by Gasteiger charge is 2.22. The predicted molar refractivity (Wildman–Crippen MR) is 79.2 cm³/mol. The van der Waals surface area contributed by atoms with Gasteiger partial charge in [-0.1, -0.05) is 12.1 Å². The van der Waals surface area contributed by atoms with Gasteiger partial charge in [0.1, 0.15) is 5.75 Å². The van der Waals surface area contributed by atoms with E-state index in [2.05, 4.69) is 4.98 Å². The molecule has 0 amide bonds. The first-order chi connectivity index (χ1) is 10.2. The molecule has 6 nitrogen and oxygen atoms in total. The first-order valence-electron chi connectivity index (χ1n) is 6.65. The summed E-state index contributed by atoms with van der Waals surface area (Å²) >= 11 is 0. The van der Waals surface area contributed by atoms with Crippen molar-refractivity contribution in [3.63, 3.8) is 0 Å². The number of hydrogen-bond acceptors (Lipinski definition) is 5. The molecule has 0 bridgehead atoms. The van der Waals surface area contributed by atoms with E-state index in [0.717, 1.165) is 17.9 Å². The quantitative estimate of drug-likeness (QED) is 0.880. The molecular formula is C15H15N3O3. The first kappa shape index (κ1) is 13.2. The van der Waals surface area contributed by atoms with E-state index in [0.29, 0.717) is 19.0 Å². The number of aromatic carboxylic acids is 1. The number of pyridine rings is 1. The molecule has 0 saturated carbocycles. The Bertz CT molecular complexity index is 688. The highest BCUT2D eigenvalue weighted by atomic mass is 16.5. The molecule has 0 aliphatic carbocycles. The van der Waals surface area contributed by atoms with Crippen molar-refractivity contribution in [1.82, 2.24) is 4.98 Å². The Kier molecular flexibility index (Phi) is 3.35. The van der Waals surface area contributed by atoms with E-state index in [4.69, 9.17) is 10.5 Å². The lowest BCUT2D eigenvalue weighted by Gasteiger charge is -2.24. The Hall–Kier alpha value is -2.76. The van der Waals surface area contributed by atoms with Crippen LogP contribution in [0.15, 0.2) is 36.5 Å².